The first kappa shape index (κ1) is 32.7. The summed E-state index contributed by atoms with van der Waals surface area (Å²) in [4.78, 5) is 12.2. The molecule has 0 aromatic heterocycles. The van der Waals surface area contributed by atoms with Gasteiger partial charge in [-0.1, -0.05) is 71.1 Å². The minimum Gasteiger partial charge on any atom is -0.449 e. The van der Waals surface area contributed by atoms with Crippen LogP contribution in [0.15, 0.2) is 48.5 Å². The molecule has 40 heavy (non-hydrogen) atoms. The topological polar surface area (TPSA) is 93.7 Å². The summed E-state index contributed by atoms with van der Waals surface area (Å²) in [6, 6.07) is 16.6. The molecule has 1 N–H and O–H groups in total. The zero-order chi connectivity index (χ0) is 28.1. The van der Waals surface area contributed by atoms with Crippen LogP contribution < -0.4 is 5.32 Å². The quantitative estimate of drug-likeness (QED) is 0.105. The molecule has 9 nitrogen and oxygen atoms in total. The number of rotatable bonds is 23. The highest BCUT2D eigenvalue weighted by Gasteiger charge is 2.28. The standard InChI is InChI=1S/C30H42INO8/c31-10-13-35-15-17-37-19-21-39-23-22-38-20-18-36-16-14-34-12-5-11-32-30(33)40-24-29-27-8-3-1-6-25(27)26-7-2-4-9-28(26)29/h1-4,6-9,29H,5,10-24H2,(H,32,33). The highest BCUT2D eigenvalue weighted by Crippen LogP contribution is 2.44. The number of alkyl carbamates (subject to hydrolysis) is 1. The van der Waals surface area contributed by atoms with Crippen molar-refractivity contribution >= 4 is 28.7 Å². The van der Waals surface area contributed by atoms with Gasteiger partial charge in [0.25, 0.3) is 0 Å². The van der Waals surface area contributed by atoms with Crippen LogP contribution >= 0.6 is 22.6 Å². The molecule has 222 valence electrons. The second kappa shape index (κ2) is 21.0. The molecule has 2 aromatic carbocycles. The highest BCUT2D eigenvalue weighted by molar-refractivity contribution is 14.1. The fraction of sp³-hybridized carbons (Fsp3) is 0.567. The Hall–Kier alpha value is -1.80. The smallest absolute Gasteiger partial charge is 0.407 e. The third kappa shape index (κ3) is 12.4. The summed E-state index contributed by atoms with van der Waals surface area (Å²) in [5.41, 5.74) is 4.84. The molecule has 0 fully saturated rings. The lowest BCUT2D eigenvalue weighted by molar-refractivity contribution is -0.0161. The molecule has 0 bridgehead atoms. The minimum absolute atomic E-state index is 0.0612. The number of carbonyl (C=O) groups is 1. The number of hydrogen-bond acceptors (Lipinski definition) is 8. The first-order valence-electron chi connectivity index (χ1n) is 13.9. The van der Waals surface area contributed by atoms with Crippen molar-refractivity contribution in [3.63, 3.8) is 0 Å². The molecule has 0 saturated carbocycles. The number of amides is 1. The predicted molar refractivity (Wildman–Crippen MR) is 161 cm³/mol. The van der Waals surface area contributed by atoms with Gasteiger partial charge in [0.2, 0.25) is 0 Å². The average Bonchev–Trinajstić information content (AvgIpc) is 3.30. The van der Waals surface area contributed by atoms with Crippen molar-refractivity contribution < 1.29 is 38.0 Å². The fourth-order valence-corrected chi connectivity index (χ4v) is 4.58. The van der Waals surface area contributed by atoms with E-state index in [1.807, 2.05) is 24.3 Å². The molecule has 10 heteroatoms. The first-order chi connectivity index (χ1) is 19.8. The highest BCUT2D eigenvalue weighted by atomic mass is 127. The maximum absolute atomic E-state index is 12.2. The largest absolute Gasteiger partial charge is 0.449 e. The normalized spacial score (nSPS) is 12.3. The Morgan fingerprint density at radius 2 is 1.05 bits per heavy atom. The van der Waals surface area contributed by atoms with Crippen LogP contribution in [0.2, 0.25) is 0 Å². The van der Waals surface area contributed by atoms with Crippen LogP contribution in [0.3, 0.4) is 0 Å². The molecule has 2 aromatic rings. The van der Waals surface area contributed by atoms with E-state index < -0.39 is 6.09 Å². The number of nitrogens with one attached hydrogen (secondary N) is 1. The Morgan fingerprint density at radius 3 is 1.52 bits per heavy atom. The first-order valence-corrected chi connectivity index (χ1v) is 15.4. The van der Waals surface area contributed by atoms with Gasteiger partial charge in [-0.2, -0.15) is 0 Å². The molecule has 0 aliphatic heterocycles. The Morgan fingerprint density at radius 1 is 0.625 bits per heavy atom. The Bertz CT molecular complexity index is 917. The van der Waals surface area contributed by atoms with Crippen molar-refractivity contribution in [3.05, 3.63) is 59.7 Å². The van der Waals surface area contributed by atoms with E-state index in [1.165, 1.54) is 22.3 Å². The molecule has 1 aliphatic carbocycles. The van der Waals surface area contributed by atoms with Gasteiger partial charge in [-0.3, -0.25) is 0 Å². The lowest BCUT2D eigenvalue weighted by atomic mass is 9.98. The van der Waals surface area contributed by atoms with Crippen LogP contribution in [-0.2, 0) is 33.2 Å². The molecular formula is C30H42INO8. The van der Waals surface area contributed by atoms with Gasteiger partial charge in [0.15, 0.2) is 0 Å². The van der Waals surface area contributed by atoms with Gasteiger partial charge in [0.05, 0.1) is 72.7 Å². The van der Waals surface area contributed by atoms with Crippen LogP contribution in [0, 0.1) is 0 Å². The van der Waals surface area contributed by atoms with E-state index in [-0.39, 0.29) is 5.92 Å². The summed E-state index contributed by atoms with van der Waals surface area (Å²) in [6.07, 6.45) is 0.293. The van der Waals surface area contributed by atoms with Gasteiger partial charge in [-0.25, -0.2) is 4.79 Å². The molecule has 0 atom stereocenters. The lowest BCUT2D eigenvalue weighted by Gasteiger charge is -2.14. The summed E-state index contributed by atoms with van der Waals surface area (Å²) < 4.78 is 39.2. The van der Waals surface area contributed by atoms with E-state index in [0.717, 1.165) is 11.0 Å². The second-order valence-corrected chi connectivity index (χ2v) is 10.0. The van der Waals surface area contributed by atoms with Crippen molar-refractivity contribution in [2.24, 2.45) is 0 Å². The Balaban J connectivity index is 1.07. The van der Waals surface area contributed by atoms with Gasteiger partial charge in [0, 0.05) is 23.5 Å². The predicted octanol–water partition coefficient (Wildman–Crippen LogP) is 4.45. The van der Waals surface area contributed by atoms with E-state index in [1.54, 1.807) is 0 Å². The molecule has 1 amide bonds. The molecule has 0 heterocycles. The fourth-order valence-electron chi connectivity index (χ4n) is 4.27. The number of carbonyl (C=O) groups excluding carboxylic acids is 1. The van der Waals surface area contributed by atoms with Crippen LogP contribution in [0.4, 0.5) is 4.79 Å². The van der Waals surface area contributed by atoms with Crippen LogP contribution in [0.1, 0.15) is 23.5 Å². The number of hydrogen-bond donors (Lipinski definition) is 1. The van der Waals surface area contributed by atoms with Crippen molar-refractivity contribution in [2.75, 3.05) is 96.9 Å². The molecule has 3 rings (SSSR count). The van der Waals surface area contributed by atoms with Gasteiger partial charge in [0.1, 0.15) is 6.61 Å². The third-order valence-corrected chi connectivity index (χ3v) is 6.60. The molecule has 0 radical (unpaired) electrons. The van der Waals surface area contributed by atoms with Crippen molar-refractivity contribution in [1.29, 1.82) is 0 Å². The van der Waals surface area contributed by atoms with Crippen molar-refractivity contribution in [2.45, 2.75) is 12.3 Å². The van der Waals surface area contributed by atoms with Crippen LogP contribution in [0.25, 0.3) is 11.1 Å². The van der Waals surface area contributed by atoms with Crippen LogP contribution in [0.5, 0.6) is 0 Å². The molecule has 0 unspecified atom stereocenters. The zero-order valence-corrected chi connectivity index (χ0v) is 25.3. The SMILES string of the molecule is O=C(NCCCOCCOCCOCCOCCOCCOCCI)OCC1c2ccccc2-c2ccccc21. The van der Waals surface area contributed by atoms with E-state index in [9.17, 15) is 4.79 Å². The van der Waals surface area contributed by atoms with Crippen molar-refractivity contribution in [3.8, 4) is 11.1 Å². The van der Waals surface area contributed by atoms with Gasteiger partial charge >= 0.3 is 6.09 Å². The number of halogens is 1. The summed E-state index contributed by atoms with van der Waals surface area (Å²) in [5, 5.41) is 2.80. The minimum atomic E-state index is -0.406. The molecule has 0 spiro atoms. The van der Waals surface area contributed by atoms with Gasteiger partial charge < -0.3 is 38.5 Å². The molecular weight excluding hydrogens is 629 g/mol. The number of alkyl halides is 1. The molecule has 1 aliphatic rings. The third-order valence-electron chi connectivity index (χ3n) is 6.16. The lowest BCUT2D eigenvalue weighted by Crippen LogP contribution is -2.27. The summed E-state index contributed by atoms with van der Waals surface area (Å²) in [6.45, 7) is 7.50. The number of benzene rings is 2. The Kier molecular flexibility index (Phi) is 17.2. The van der Waals surface area contributed by atoms with E-state index in [4.69, 9.17) is 33.2 Å². The maximum Gasteiger partial charge on any atom is 0.407 e. The summed E-state index contributed by atoms with van der Waals surface area (Å²) in [7, 11) is 0. The van der Waals surface area contributed by atoms with Gasteiger partial charge in [-0.15, -0.1) is 0 Å². The van der Waals surface area contributed by atoms with Crippen molar-refractivity contribution in [1.82, 2.24) is 5.32 Å². The Labute approximate surface area is 251 Å². The van der Waals surface area contributed by atoms with E-state index >= 15 is 0 Å². The number of fused-ring (bicyclic) bond motifs is 3. The monoisotopic (exact) mass is 671 g/mol. The van der Waals surface area contributed by atoms with E-state index in [0.29, 0.717) is 92.2 Å². The van der Waals surface area contributed by atoms with E-state index in [2.05, 4.69) is 52.2 Å². The summed E-state index contributed by atoms with van der Waals surface area (Å²) in [5.74, 6) is 0.0612. The van der Waals surface area contributed by atoms with Gasteiger partial charge in [-0.05, 0) is 28.7 Å². The average molecular weight is 672 g/mol. The summed E-state index contributed by atoms with van der Waals surface area (Å²) >= 11 is 2.28. The van der Waals surface area contributed by atoms with Crippen LogP contribution in [-0.4, -0.2) is 103 Å². The maximum atomic E-state index is 12.2. The molecule has 0 saturated heterocycles. The second-order valence-electron chi connectivity index (χ2n) is 8.97. The number of ether oxygens (including phenoxy) is 7. The zero-order valence-electron chi connectivity index (χ0n) is 23.2.